The van der Waals surface area contributed by atoms with Crippen LogP contribution in [-0.4, -0.2) is 38.2 Å². The van der Waals surface area contributed by atoms with Gasteiger partial charge in [-0.1, -0.05) is 48.5 Å². The summed E-state index contributed by atoms with van der Waals surface area (Å²) < 4.78 is 17.1. The minimum absolute atomic E-state index is 0.0458. The van der Waals surface area contributed by atoms with Crippen LogP contribution in [0.1, 0.15) is 11.1 Å². The van der Waals surface area contributed by atoms with E-state index in [-0.39, 0.29) is 5.57 Å². The van der Waals surface area contributed by atoms with Gasteiger partial charge < -0.3 is 14.2 Å². The van der Waals surface area contributed by atoms with Crippen molar-refractivity contribution < 1.29 is 23.8 Å². The molecule has 0 aromatic heterocycles. The highest BCUT2D eigenvalue weighted by molar-refractivity contribution is 6.31. The topological polar surface area (TPSA) is 77.1 Å². The maximum Gasteiger partial charge on any atom is 0.282 e. The molecule has 1 aliphatic rings. The van der Waals surface area contributed by atoms with Gasteiger partial charge in [-0.25, -0.2) is 5.01 Å². The van der Waals surface area contributed by atoms with Gasteiger partial charge in [-0.3, -0.25) is 15.0 Å². The normalized spacial score (nSPS) is 14.4. The maximum absolute atomic E-state index is 12.8. The van der Waals surface area contributed by atoms with Crippen molar-refractivity contribution in [1.29, 1.82) is 0 Å². The molecule has 1 fully saturated rings. The van der Waals surface area contributed by atoms with Crippen LogP contribution in [0.5, 0.6) is 11.5 Å². The molecular weight excluding hydrogens is 432 g/mol. The third-order valence-electron chi connectivity index (χ3n) is 5.10. The molecule has 174 valence electrons. The second-order valence-corrected chi connectivity index (χ2v) is 7.64. The Morgan fingerprint density at radius 2 is 1.56 bits per heavy atom. The molecule has 7 heteroatoms. The molecule has 34 heavy (non-hydrogen) atoms. The molecule has 1 aliphatic heterocycles. The van der Waals surface area contributed by atoms with Crippen LogP contribution in [0.3, 0.4) is 0 Å². The predicted molar refractivity (Wildman–Crippen MR) is 129 cm³/mol. The van der Waals surface area contributed by atoms with Crippen molar-refractivity contribution in [3.05, 3.63) is 95.6 Å². The van der Waals surface area contributed by atoms with Crippen molar-refractivity contribution in [2.75, 3.05) is 31.4 Å². The van der Waals surface area contributed by atoms with Crippen molar-refractivity contribution in [2.45, 2.75) is 6.92 Å². The molecule has 3 aromatic rings. The lowest BCUT2D eigenvalue weighted by Crippen LogP contribution is -2.35. The number of carbonyl (C=O) groups is 2. The van der Waals surface area contributed by atoms with Crippen LogP contribution < -0.4 is 19.9 Å². The van der Waals surface area contributed by atoms with Crippen molar-refractivity contribution in [3.8, 4) is 11.5 Å². The van der Waals surface area contributed by atoms with E-state index in [1.165, 1.54) is 5.01 Å². The van der Waals surface area contributed by atoms with E-state index in [1.54, 1.807) is 42.5 Å². The largest absolute Gasteiger partial charge is 0.491 e. The number of benzene rings is 3. The Balaban J connectivity index is 1.29. The van der Waals surface area contributed by atoms with Gasteiger partial charge in [0.2, 0.25) is 0 Å². The van der Waals surface area contributed by atoms with Crippen molar-refractivity contribution >= 4 is 23.6 Å². The van der Waals surface area contributed by atoms with Crippen molar-refractivity contribution in [3.63, 3.8) is 0 Å². The first kappa shape index (κ1) is 23.1. The van der Waals surface area contributed by atoms with Crippen LogP contribution >= 0.6 is 0 Å². The van der Waals surface area contributed by atoms with E-state index in [4.69, 9.17) is 14.2 Å². The van der Waals surface area contributed by atoms with E-state index >= 15 is 0 Å². The smallest absolute Gasteiger partial charge is 0.282 e. The minimum Gasteiger partial charge on any atom is -0.491 e. The number of carbonyl (C=O) groups excluding carboxylic acids is 2. The molecule has 4 rings (SSSR count). The highest BCUT2D eigenvalue weighted by Gasteiger charge is 2.34. The Morgan fingerprint density at radius 3 is 2.35 bits per heavy atom. The number of hydrazine groups is 1. The van der Waals surface area contributed by atoms with Gasteiger partial charge in [0, 0.05) is 5.56 Å². The van der Waals surface area contributed by atoms with Crippen molar-refractivity contribution in [1.82, 2.24) is 5.43 Å². The summed E-state index contributed by atoms with van der Waals surface area (Å²) in [6.07, 6.45) is 1.55. The lowest BCUT2D eigenvalue weighted by atomic mass is 10.1. The molecule has 0 atom stereocenters. The minimum atomic E-state index is -0.458. The summed E-state index contributed by atoms with van der Waals surface area (Å²) in [5.41, 5.74) is 5.02. The maximum atomic E-state index is 12.8. The second-order valence-electron chi connectivity index (χ2n) is 7.64. The zero-order valence-corrected chi connectivity index (χ0v) is 18.9. The number of nitrogens with one attached hydrogen (secondary N) is 1. The predicted octanol–water partition coefficient (Wildman–Crippen LogP) is 3.93. The Kier molecular flexibility index (Phi) is 7.57. The summed E-state index contributed by atoms with van der Waals surface area (Å²) in [7, 11) is 0. The zero-order valence-electron chi connectivity index (χ0n) is 18.9. The molecule has 2 amide bonds. The quantitative estimate of drug-likeness (QED) is 0.283. The molecule has 1 saturated heterocycles. The Bertz CT molecular complexity index is 1180. The van der Waals surface area contributed by atoms with Gasteiger partial charge in [0.25, 0.3) is 11.8 Å². The lowest BCUT2D eigenvalue weighted by molar-refractivity contribution is -0.117. The number of amides is 2. The number of hydrogen-bond donors (Lipinski definition) is 1. The molecule has 3 aromatic carbocycles. The summed E-state index contributed by atoms with van der Waals surface area (Å²) in [4.78, 5) is 25.3. The van der Waals surface area contributed by atoms with E-state index < -0.39 is 11.8 Å². The van der Waals surface area contributed by atoms with Crippen molar-refractivity contribution in [2.24, 2.45) is 0 Å². The van der Waals surface area contributed by atoms with E-state index in [0.717, 1.165) is 11.3 Å². The van der Waals surface area contributed by atoms with E-state index in [1.807, 2.05) is 49.4 Å². The molecule has 0 unspecified atom stereocenters. The zero-order chi connectivity index (χ0) is 23.8. The third-order valence-corrected chi connectivity index (χ3v) is 5.10. The van der Waals surface area contributed by atoms with Gasteiger partial charge in [-0.2, -0.15) is 0 Å². The van der Waals surface area contributed by atoms with Crippen LogP contribution in [0.25, 0.3) is 6.08 Å². The first-order valence-corrected chi connectivity index (χ1v) is 11.0. The summed E-state index contributed by atoms with van der Waals surface area (Å²) in [5, 5.41) is 1.24. The van der Waals surface area contributed by atoms with Crippen LogP contribution in [-0.2, 0) is 14.3 Å². The molecule has 1 heterocycles. The summed E-state index contributed by atoms with van der Waals surface area (Å²) in [6, 6.07) is 24.1. The number of anilines is 1. The molecule has 0 saturated carbocycles. The van der Waals surface area contributed by atoms with E-state index in [0.29, 0.717) is 43.4 Å². The highest BCUT2D eigenvalue weighted by atomic mass is 16.5. The first-order valence-electron chi connectivity index (χ1n) is 11.0. The number of rotatable bonds is 10. The SMILES string of the molecule is Cc1cccc(OCCOCCOc2ccccc2C=C2C(=O)NN(c3ccccc3)C2=O)c1. The average Bonchev–Trinajstić information content (AvgIpc) is 3.13. The van der Waals surface area contributed by atoms with Gasteiger partial charge in [-0.15, -0.1) is 0 Å². The fourth-order valence-electron chi connectivity index (χ4n) is 3.44. The van der Waals surface area contributed by atoms with Crippen LogP contribution in [0, 0.1) is 6.92 Å². The highest BCUT2D eigenvalue weighted by Crippen LogP contribution is 2.25. The number of para-hydroxylation sites is 2. The van der Waals surface area contributed by atoms with E-state index in [2.05, 4.69) is 5.43 Å². The van der Waals surface area contributed by atoms with Gasteiger partial charge in [-0.05, 0) is 48.9 Å². The van der Waals surface area contributed by atoms with Gasteiger partial charge in [0.1, 0.15) is 30.3 Å². The number of aryl methyl sites for hydroxylation is 1. The van der Waals surface area contributed by atoms with E-state index in [9.17, 15) is 9.59 Å². The first-order chi connectivity index (χ1) is 16.6. The fraction of sp³-hybridized carbons (Fsp3) is 0.185. The molecule has 0 bridgehead atoms. The molecule has 1 N–H and O–H groups in total. The molecule has 0 radical (unpaired) electrons. The lowest BCUT2D eigenvalue weighted by Gasteiger charge is -2.14. The molecule has 0 spiro atoms. The number of hydrogen-bond acceptors (Lipinski definition) is 5. The third kappa shape index (κ3) is 5.82. The summed E-state index contributed by atoms with van der Waals surface area (Å²) >= 11 is 0. The van der Waals surface area contributed by atoms with Crippen LogP contribution in [0.4, 0.5) is 5.69 Å². The van der Waals surface area contributed by atoms with Gasteiger partial charge in [0.05, 0.1) is 18.9 Å². The van der Waals surface area contributed by atoms with Crippen LogP contribution in [0.2, 0.25) is 0 Å². The Hall–Kier alpha value is -4.10. The number of nitrogens with zero attached hydrogens (tertiary/aromatic N) is 1. The van der Waals surface area contributed by atoms with Gasteiger partial charge in [0.15, 0.2) is 0 Å². The fourth-order valence-corrected chi connectivity index (χ4v) is 3.44. The molecule has 7 nitrogen and oxygen atoms in total. The summed E-state index contributed by atoms with van der Waals surface area (Å²) in [5.74, 6) is 0.509. The Morgan fingerprint density at radius 1 is 0.824 bits per heavy atom. The average molecular weight is 459 g/mol. The standard InChI is InChI=1S/C27H26N2O5/c1-20-8-7-12-23(18-20)33-16-14-32-15-17-34-25-13-6-5-9-21(25)19-24-26(30)28-29(27(24)31)22-10-3-2-4-11-22/h2-13,18-19H,14-17H2,1H3,(H,28,30). The Labute approximate surface area is 198 Å². The summed E-state index contributed by atoms with van der Waals surface area (Å²) in [6.45, 7) is 3.60. The molecule has 0 aliphatic carbocycles. The number of ether oxygens (including phenoxy) is 3. The monoisotopic (exact) mass is 458 g/mol. The van der Waals surface area contributed by atoms with Crippen LogP contribution in [0.15, 0.2) is 84.4 Å². The second kappa shape index (κ2) is 11.2. The molecular formula is C27H26N2O5. The van der Waals surface area contributed by atoms with Gasteiger partial charge >= 0.3 is 0 Å².